The number of hydrogen-bond acceptors (Lipinski definition) is 4. The molecule has 200 valence electrons. The van der Waals surface area contributed by atoms with Gasteiger partial charge in [0.1, 0.15) is 6.54 Å². The summed E-state index contributed by atoms with van der Waals surface area (Å²) in [7, 11) is -4.12. The van der Waals surface area contributed by atoms with Gasteiger partial charge in [-0.15, -0.1) is 0 Å². The third-order valence-corrected chi connectivity index (χ3v) is 8.40. The largest absolute Gasteiger partial charge is 0.345 e. The van der Waals surface area contributed by atoms with E-state index < -0.39 is 22.5 Å². The van der Waals surface area contributed by atoms with E-state index in [9.17, 15) is 18.0 Å². The van der Waals surface area contributed by atoms with E-state index in [1.165, 1.54) is 12.1 Å². The van der Waals surface area contributed by atoms with Gasteiger partial charge in [-0.1, -0.05) is 78.3 Å². The quantitative estimate of drug-likeness (QED) is 0.263. The average Bonchev–Trinajstić information content (AvgIpc) is 2.94. The number of nitrogens with zero attached hydrogens (tertiary/aromatic N) is 1. The molecule has 39 heavy (non-hydrogen) atoms. The molecular formula is C30H28ClN3O4S. The second-order valence-electron chi connectivity index (χ2n) is 8.91. The van der Waals surface area contributed by atoms with Crippen molar-refractivity contribution < 1.29 is 18.0 Å². The molecule has 0 aliphatic rings. The zero-order valence-corrected chi connectivity index (χ0v) is 23.0. The number of para-hydroxylation sites is 1. The molecule has 4 aromatic rings. The van der Waals surface area contributed by atoms with Gasteiger partial charge in [-0.2, -0.15) is 0 Å². The molecule has 0 aromatic heterocycles. The SMILES string of the molecule is Cc1c(Cl)cccc1N(CC(=O)Nc1ccccc1C(=O)N[C@@H](C)c1ccccc1)S(=O)(=O)c1ccccc1. The van der Waals surface area contributed by atoms with E-state index in [0.717, 1.165) is 9.87 Å². The first-order chi connectivity index (χ1) is 18.7. The highest BCUT2D eigenvalue weighted by molar-refractivity contribution is 7.92. The van der Waals surface area contributed by atoms with Crippen LogP contribution in [-0.2, 0) is 14.8 Å². The van der Waals surface area contributed by atoms with E-state index in [0.29, 0.717) is 10.6 Å². The Morgan fingerprint density at radius 2 is 1.46 bits per heavy atom. The summed E-state index contributed by atoms with van der Waals surface area (Å²) in [6.45, 7) is 3.03. The lowest BCUT2D eigenvalue weighted by molar-refractivity contribution is -0.114. The van der Waals surface area contributed by atoms with Crippen molar-refractivity contribution in [2.75, 3.05) is 16.2 Å². The molecular weight excluding hydrogens is 534 g/mol. The van der Waals surface area contributed by atoms with Crippen molar-refractivity contribution >= 4 is 44.8 Å². The normalized spacial score (nSPS) is 11.9. The molecule has 4 rings (SSSR count). The van der Waals surface area contributed by atoms with Crippen molar-refractivity contribution in [3.63, 3.8) is 0 Å². The number of halogens is 1. The van der Waals surface area contributed by atoms with Crippen LogP contribution in [0.5, 0.6) is 0 Å². The van der Waals surface area contributed by atoms with Crippen LogP contribution >= 0.6 is 11.6 Å². The summed E-state index contributed by atoms with van der Waals surface area (Å²) in [6, 6.07) is 28.6. The smallest absolute Gasteiger partial charge is 0.264 e. The Kier molecular flexibility index (Phi) is 8.69. The van der Waals surface area contributed by atoms with Gasteiger partial charge in [0, 0.05) is 5.02 Å². The molecule has 1 atom stereocenters. The zero-order chi connectivity index (χ0) is 28.0. The van der Waals surface area contributed by atoms with Gasteiger partial charge in [0.05, 0.1) is 27.9 Å². The van der Waals surface area contributed by atoms with E-state index in [-0.39, 0.29) is 33.8 Å². The first-order valence-corrected chi connectivity index (χ1v) is 14.1. The van der Waals surface area contributed by atoms with Crippen LogP contribution < -0.4 is 14.9 Å². The second kappa shape index (κ2) is 12.1. The fourth-order valence-electron chi connectivity index (χ4n) is 4.10. The number of hydrogen-bond donors (Lipinski definition) is 2. The van der Waals surface area contributed by atoms with Crippen molar-refractivity contribution in [2.24, 2.45) is 0 Å². The molecule has 0 fully saturated rings. The van der Waals surface area contributed by atoms with Gasteiger partial charge in [-0.3, -0.25) is 13.9 Å². The predicted molar refractivity (Wildman–Crippen MR) is 155 cm³/mol. The van der Waals surface area contributed by atoms with Crippen LogP contribution in [0.15, 0.2) is 108 Å². The van der Waals surface area contributed by atoms with Crippen molar-refractivity contribution in [1.29, 1.82) is 0 Å². The van der Waals surface area contributed by atoms with Crippen LogP contribution in [0.1, 0.15) is 34.5 Å². The molecule has 0 aliphatic heterocycles. The van der Waals surface area contributed by atoms with Crippen LogP contribution in [-0.4, -0.2) is 26.8 Å². The highest BCUT2D eigenvalue weighted by Gasteiger charge is 2.29. The molecule has 4 aromatic carbocycles. The summed E-state index contributed by atoms with van der Waals surface area (Å²) in [5, 5.41) is 6.04. The number of nitrogens with one attached hydrogen (secondary N) is 2. The standard InChI is InChI=1S/C30H28ClN3O4S/c1-21-26(31)17-11-19-28(21)34(39(37,38)24-14-7-4-8-15-24)20-29(35)33-27-18-10-9-16-25(27)30(36)32-22(2)23-12-5-3-6-13-23/h3-19,22H,20H2,1-2H3,(H,32,36)(H,33,35)/t22-/m0/s1. The van der Waals surface area contributed by atoms with Crippen LogP contribution in [0.4, 0.5) is 11.4 Å². The molecule has 0 aliphatic carbocycles. The Hall–Kier alpha value is -4.14. The van der Waals surface area contributed by atoms with Crippen LogP contribution in [0.25, 0.3) is 0 Å². The second-order valence-corrected chi connectivity index (χ2v) is 11.2. The van der Waals surface area contributed by atoms with Crippen LogP contribution in [0.3, 0.4) is 0 Å². The maximum absolute atomic E-state index is 13.7. The van der Waals surface area contributed by atoms with Gasteiger partial charge >= 0.3 is 0 Å². The monoisotopic (exact) mass is 561 g/mol. The minimum Gasteiger partial charge on any atom is -0.345 e. The Morgan fingerprint density at radius 1 is 0.846 bits per heavy atom. The van der Waals surface area contributed by atoms with E-state index in [4.69, 9.17) is 11.6 Å². The van der Waals surface area contributed by atoms with E-state index in [1.807, 2.05) is 37.3 Å². The summed E-state index contributed by atoms with van der Waals surface area (Å²) >= 11 is 6.30. The lowest BCUT2D eigenvalue weighted by atomic mass is 10.1. The Morgan fingerprint density at radius 3 is 2.15 bits per heavy atom. The van der Waals surface area contributed by atoms with Gasteiger partial charge in [0.2, 0.25) is 5.91 Å². The number of anilines is 2. The zero-order valence-electron chi connectivity index (χ0n) is 21.5. The molecule has 7 nitrogen and oxygen atoms in total. The lowest BCUT2D eigenvalue weighted by Crippen LogP contribution is -2.39. The topological polar surface area (TPSA) is 95.6 Å². The van der Waals surface area contributed by atoms with Crippen LogP contribution in [0.2, 0.25) is 5.02 Å². The van der Waals surface area contributed by atoms with Gasteiger partial charge in [0.15, 0.2) is 0 Å². The van der Waals surface area contributed by atoms with Crippen molar-refractivity contribution in [1.82, 2.24) is 5.32 Å². The Balaban J connectivity index is 1.60. The molecule has 9 heteroatoms. The maximum atomic E-state index is 13.7. The average molecular weight is 562 g/mol. The molecule has 0 saturated carbocycles. The number of sulfonamides is 1. The summed E-state index contributed by atoms with van der Waals surface area (Å²) in [5.74, 6) is -0.994. The molecule has 0 radical (unpaired) electrons. The third-order valence-electron chi connectivity index (χ3n) is 6.22. The van der Waals surface area contributed by atoms with Crippen LogP contribution in [0, 0.1) is 6.92 Å². The first-order valence-electron chi connectivity index (χ1n) is 12.3. The number of amides is 2. The fraction of sp³-hybridized carbons (Fsp3) is 0.133. The Bertz CT molecular complexity index is 1580. The minimum absolute atomic E-state index is 0.0341. The number of carbonyl (C=O) groups is 2. The predicted octanol–water partition coefficient (Wildman–Crippen LogP) is 5.97. The molecule has 0 bridgehead atoms. The highest BCUT2D eigenvalue weighted by Crippen LogP contribution is 2.31. The maximum Gasteiger partial charge on any atom is 0.264 e. The molecule has 0 heterocycles. The van der Waals surface area contributed by atoms with Crippen molar-refractivity contribution in [3.8, 4) is 0 Å². The number of carbonyl (C=O) groups excluding carboxylic acids is 2. The summed E-state index contributed by atoms with van der Waals surface area (Å²) in [6.07, 6.45) is 0. The van der Waals surface area contributed by atoms with Crippen molar-refractivity contribution in [3.05, 3.63) is 125 Å². The minimum atomic E-state index is -4.12. The van der Waals surface area contributed by atoms with Gasteiger partial charge in [-0.05, 0) is 61.4 Å². The lowest BCUT2D eigenvalue weighted by Gasteiger charge is -2.26. The van der Waals surface area contributed by atoms with Gasteiger partial charge in [0.25, 0.3) is 15.9 Å². The molecule has 2 N–H and O–H groups in total. The van der Waals surface area contributed by atoms with Gasteiger partial charge < -0.3 is 10.6 Å². The summed E-state index contributed by atoms with van der Waals surface area (Å²) < 4.78 is 28.3. The van der Waals surface area contributed by atoms with E-state index in [2.05, 4.69) is 10.6 Å². The highest BCUT2D eigenvalue weighted by atomic mass is 35.5. The first kappa shape index (κ1) is 27.9. The van der Waals surface area contributed by atoms with Crippen molar-refractivity contribution in [2.45, 2.75) is 24.8 Å². The van der Waals surface area contributed by atoms with Gasteiger partial charge in [-0.25, -0.2) is 8.42 Å². The number of benzene rings is 4. The number of rotatable bonds is 9. The Labute approximate surface area is 233 Å². The van der Waals surface area contributed by atoms with E-state index in [1.54, 1.807) is 67.6 Å². The molecule has 0 saturated heterocycles. The molecule has 0 spiro atoms. The third kappa shape index (κ3) is 6.47. The summed E-state index contributed by atoms with van der Waals surface area (Å²) in [4.78, 5) is 26.5. The molecule has 0 unspecified atom stereocenters. The molecule has 2 amide bonds. The fourth-order valence-corrected chi connectivity index (χ4v) is 5.76. The summed E-state index contributed by atoms with van der Waals surface area (Å²) in [5.41, 5.74) is 2.25. The van der Waals surface area contributed by atoms with E-state index >= 15 is 0 Å².